The average Bonchev–Trinajstić information content (AvgIpc) is 2.74. The van der Waals surface area contributed by atoms with Gasteiger partial charge in [-0.3, -0.25) is 4.79 Å². The largest absolute Gasteiger partial charge is 0.354 e. The van der Waals surface area contributed by atoms with Gasteiger partial charge < -0.3 is 10.2 Å². The molecule has 0 radical (unpaired) electrons. The van der Waals surface area contributed by atoms with E-state index in [2.05, 4.69) is 31.2 Å². The van der Waals surface area contributed by atoms with Crippen LogP contribution in [0, 0.1) is 5.92 Å². The summed E-state index contributed by atoms with van der Waals surface area (Å²) < 4.78 is 0. The van der Waals surface area contributed by atoms with Crippen molar-refractivity contribution < 1.29 is 4.79 Å². The predicted octanol–water partition coefficient (Wildman–Crippen LogP) is 2.02. The molecule has 94 valence electrons. The van der Waals surface area contributed by atoms with Crippen LogP contribution < -0.4 is 5.32 Å². The highest BCUT2D eigenvalue weighted by atomic mass is 16.1. The van der Waals surface area contributed by atoms with Crippen LogP contribution in [0.25, 0.3) is 0 Å². The summed E-state index contributed by atoms with van der Waals surface area (Å²) in [5.74, 6) is 0.344. The fourth-order valence-corrected chi connectivity index (χ4v) is 2.43. The first-order valence-electron chi connectivity index (χ1n) is 6.47. The van der Waals surface area contributed by atoms with Crippen LogP contribution in [0.4, 0.5) is 0 Å². The van der Waals surface area contributed by atoms with Crippen molar-refractivity contribution in [1.82, 2.24) is 10.2 Å². The quantitative estimate of drug-likeness (QED) is 0.778. The van der Waals surface area contributed by atoms with Crippen molar-refractivity contribution in [1.29, 1.82) is 0 Å². The Hall–Kier alpha value is -0.570. The van der Waals surface area contributed by atoms with Crippen molar-refractivity contribution in [2.45, 2.75) is 51.5 Å². The van der Waals surface area contributed by atoms with E-state index in [0.29, 0.717) is 0 Å². The Morgan fingerprint density at radius 3 is 2.38 bits per heavy atom. The highest BCUT2D eigenvalue weighted by Crippen LogP contribution is 2.33. The molecular formula is C13H26N2O. The van der Waals surface area contributed by atoms with Crippen molar-refractivity contribution in [3.63, 3.8) is 0 Å². The average molecular weight is 226 g/mol. The van der Waals surface area contributed by atoms with Gasteiger partial charge in [-0.25, -0.2) is 0 Å². The summed E-state index contributed by atoms with van der Waals surface area (Å²) in [6.07, 6.45) is 5.91. The molecule has 0 heterocycles. The summed E-state index contributed by atoms with van der Waals surface area (Å²) in [6.45, 7) is 4.86. The third-order valence-electron chi connectivity index (χ3n) is 4.13. The Morgan fingerprint density at radius 1 is 1.38 bits per heavy atom. The maximum Gasteiger partial charge on any atom is 0.222 e. The van der Waals surface area contributed by atoms with Crippen LogP contribution in [-0.4, -0.2) is 37.0 Å². The molecule has 0 bridgehead atoms. The van der Waals surface area contributed by atoms with E-state index in [9.17, 15) is 4.79 Å². The first kappa shape index (κ1) is 13.5. The fraction of sp³-hybridized carbons (Fsp3) is 0.923. The number of amides is 1. The Labute approximate surface area is 99.6 Å². The Balaban J connectivity index is 2.48. The number of nitrogens with zero attached hydrogens (tertiary/aromatic N) is 1. The summed E-state index contributed by atoms with van der Waals surface area (Å²) >= 11 is 0. The third-order valence-corrected chi connectivity index (χ3v) is 4.13. The molecule has 0 aromatic rings. The fourth-order valence-electron chi connectivity index (χ4n) is 2.43. The van der Waals surface area contributed by atoms with Gasteiger partial charge in [0.05, 0.1) is 0 Å². The summed E-state index contributed by atoms with van der Waals surface area (Å²) in [6, 6.07) is 0. The lowest BCUT2D eigenvalue weighted by Gasteiger charge is -2.36. The van der Waals surface area contributed by atoms with Gasteiger partial charge in [-0.05, 0) is 33.4 Å². The van der Waals surface area contributed by atoms with Gasteiger partial charge in [0.15, 0.2) is 0 Å². The molecule has 0 aromatic carbocycles. The zero-order valence-corrected chi connectivity index (χ0v) is 11.2. The van der Waals surface area contributed by atoms with Crippen molar-refractivity contribution in [3.05, 3.63) is 0 Å². The van der Waals surface area contributed by atoms with E-state index in [4.69, 9.17) is 0 Å². The highest BCUT2D eigenvalue weighted by Gasteiger charge is 2.36. The van der Waals surface area contributed by atoms with Gasteiger partial charge in [0.1, 0.15) is 0 Å². The minimum absolute atomic E-state index is 0.139. The predicted molar refractivity (Wildman–Crippen MR) is 67.4 cm³/mol. The number of hydrogen-bond donors (Lipinski definition) is 1. The van der Waals surface area contributed by atoms with Gasteiger partial charge in [-0.15, -0.1) is 0 Å². The van der Waals surface area contributed by atoms with Gasteiger partial charge in [-0.2, -0.15) is 0 Å². The van der Waals surface area contributed by atoms with Crippen molar-refractivity contribution in [2.75, 3.05) is 20.6 Å². The summed E-state index contributed by atoms with van der Waals surface area (Å²) in [5.41, 5.74) is 0.211. The molecule has 16 heavy (non-hydrogen) atoms. The maximum absolute atomic E-state index is 11.8. The number of nitrogens with one attached hydrogen (secondary N) is 1. The molecule has 1 saturated carbocycles. The Bertz CT molecular complexity index is 232. The van der Waals surface area contributed by atoms with E-state index >= 15 is 0 Å². The van der Waals surface area contributed by atoms with E-state index in [1.807, 2.05) is 6.92 Å². The molecule has 0 spiro atoms. The van der Waals surface area contributed by atoms with Gasteiger partial charge >= 0.3 is 0 Å². The zero-order valence-electron chi connectivity index (χ0n) is 11.2. The SMILES string of the molecule is CCC(C)C(=O)NCC1(N(C)C)CCCC1. The molecule has 0 aromatic heterocycles. The van der Waals surface area contributed by atoms with Crippen molar-refractivity contribution in [3.8, 4) is 0 Å². The van der Waals surface area contributed by atoms with Gasteiger partial charge in [0, 0.05) is 18.0 Å². The molecule has 1 rings (SSSR count). The van der Waals surface area contributed by atoms with Crippen LogP contribution in [-0.2, 0) is 4.79 Å². The Kier molecular flexibility index (Phi) is 4.78. The number of rotatable bonds is 5. The highest BCUT2D eigenvalue weighted by molar-refractivity contribution is 5.78. The number of carbonyl (C=O) groups excluding carboxylic acids is 1. The summed E-state index contributed by atoms with van der Waals surface area (Å²) in [5, 5.41) is 3.12. The number of likely N-dealkylation sites (N-methyl/N-ethyl adjacent to an activating group) is 1. The molecule has 1 aliphatic carbocycles. The lowest BCUT2D eigenvalue weighted by Crippen LogP contribution is -2.51. The maximum atomic E-state index is 11.8. The van der Waals surface area contributed by atoms with Crippen LogP contribution in [0.1, 0.15) is 46.0 Å². The lowest BCUT2D eigenvalue weighted by molar-refractivity contribution is -0.125. The molecular weight excluding hydrogens is 200 g/mol. The molecule has 3 heteroatoms. The monoisotopic (exact) mass is 226 g/mol. The van der Waals surface area contributed by atoms with Crippen LogP contribution in [0.15, 0.2) is 0 Å². The molecule has 0 saturated heterocycles. The van der Waals surface area contributed by atoms with Gasteiger partial charge in [-0.1, -0.05) is 26.7 Å². The summed E-state index contributed by atoms with van der Waals surface area (Å²) in [4.78, 5) is 14.1. The minimum Gasteiger partial charge on any atom is -0.354 e. The van der Waals surface area contributed by atoms with E-state index in [0.717, 1.165) is 13.0 Å². The number of carbonyl (C=O) groups is 1. The second-order valence-electron chi connectivity index (χ2n) is 5.35. The normalized spacial score (nSPS) is 21.1. The zero-order chi connectivity index (χ0) is 12.2. The van der Waals surface area contributed by atoms with E-state index in [-0.39, 0.29) is 17.4 Å². The van der Waals surface area contributed by atoms with Gasteiger partial charge in [0.2, 0.25) is 5.91 Å². The second kappa shape index (κ2) is 5.67. The van der Waals surface area contributed by atoms with Gasteiger partial charge in [0.25, 0.3) is 0 Å². The van der Waals surface area contributed by atoms with Crippen LogP contribution in [0.5, 0.6) is 0 Å². The topological polar surface area (TPSA) is 32.3 Å². The first-order valence-corrected chi connectivity index (χ1v) is 6.47. The van der Waals surface area contributed by atoms with Crippen LogP contribution in [0.3, 0.4) is 0 Å². The van der Waals surface area contributed by atoms with E-state index in [1.165, 1.54) is 25.7 Å². The molecule has 1 unspecified atom stereocenters. The van der Waals surface area contributed by atoms with E-state index < -0.39 is 0 Å². The smallest absolute Gasteiger partial charge is 0.222 e. The molecule has 1 amide bonds. The first-order chi connectivity index (χ1) is 7.52. The van der Waals surface area contributed by atoms with Crippen molar-refractivity contribution >= 4 is 5.91 Å². The standard InChI is InChI=1S/C13H26N2O/c1-5-11(2)12(16)14-10-13(15(3)4)8-6-7-9-13/h11H,5-10H2,1-4H3,(H,14,16). The van der Waals surface area contributed by atoms with Crippen molar-refractivity contribution in [2.24, 2.45) is 5.92 Å². The van der Waals surface area contributed by atoms with Crippen LogP contribution in [0.2, 0.25) is 0 Å². The molecule has 0 aliphatic heterocycles. The molecule has 3 nitrogen and oxygen atoms in total. The second-order valence-corrected chi connectivity index (χ2v) is 5.35. The molecule has 1 N–H and O–H groups in total. The molecule has 1 aliphatic rings. The van der Waals surface area contributed by atoms with Crippen LogP contribution >= 0.6 is 0 Å². The molecule has 1 atom stereocenters. The lowest BCUT2D eigenvalue weighted by atomic mass is 9.95. The third kappa shape index (κ3) is 2.97. The molecule has 1 fully saturated rings. The number of hydrogen-bond acceptors (Lipinski definition) is 2. The Morgan fingerprint density at radius 2 is 1.94 bits per heavy atom. The minimum atomic E-state index is 0.139. The summed E-state index contributed by atoms with van der Waals surface area (Å²) in [7, 11) is 4.25. The van der Waals surface area contributed by atoms with E-state index in [1.54, 1.807) is 0 Å².